The molecule has 2 aromatic carbocycles. The van der Waals surface area contributed by atoms with Crippen LogP contribution < -0.4 is 0 Å². The number of hydrogen-bond acceptors (Lipinski definition) is 3. The second-order valence-electron chi connectivity index (χ2n) is 5.19. The van der Waals surface area contributed by atoms with Crippen LogP contribution in [0.25, 0.3) is 10.1 Å². The van der Waals surface area contributed by atoms with E-state index < -0.39 is 0 Å². The van der Waals surface area contributed by atoms with E-state index in [1.165, 1.54) is 16.2 Å². The molecule has 0 saturated carbocycles. The molecule has 24 heavy (non-hydrogen) atoms. The minimum Gasteiger partial charge on any atom is -0.320 e. The molecule has 3 aromatic rings. The second kappa shape index (κ2) is 7.23. The van der Waals surface area contributed by atoms with Gasteiger partial charge in [-0.05, 0) is 17.7 Å². The largest absolute Gasteiger partial charge is 0.320 e. The van der Waals surface area contributed by atoms with E-state index in [0.717, 1.165) is 15.6 Å². The molecule has 3 rings (SSSR count). The number of benzene rings is 2. The minimum absolute atomic E-state index is 0.000935. The van der Waals surface area contributed by atoms with Crippen LogP contribution in [0.1, 0.15) is 15.2 Å². The van der Waals surface area contributed by atoms with Gasteiger partial charge in [-0.15, -0.1) is 11.3 Å². The van der Waals surface area contributed by atoms with Gasteiger partial charge in [-0.25, -0.2) is 0 Å². The quantitative estimate of drug-likeness (QED) is 0.575. The number of amides is 1. The Morgan fingerprint density at radius 1 is 1.17 bits per heavy atom. The van der Waals surface area contributed by atoms with Crippen molar-refractivity contribution in [2.45, 2.75) is 6.54 Å². The molecule has 1 heterocycles. The number of hydrogen-bond donors (Lipinski definition) is 0. The van der Waals surface area contributed by atoms with E-state index in [-0.39, 0.29) is 12.5 Å². The van der Waals surface area contributed by atoms with Crippen molar-refractivity contribution in [3.63, 3.8) is 0 Å². The highest BCUT2D eigenvalue weighted by molar-refractivity contribution is 7.21. The minimum atomic E-state index is -0.247. The van der Waals surface area contributed by atoms with Crippen LogP contribution in [0.15, 0.2) is 48.5 Å². The van der Waals surface area contributed by atoms with Gasteiger partial charge in [0.25, 0.3) is 5.91 Å². The summed E-state index contributed by atoms with van der Waals surface area (Å²) in [4.78, 5) is 14.8. The number of nitriles is 1. The first-order valence-corrected chi connectivity index (χ1v) is 8.75. The molecule has 0 spiro atoms. The molecule has 0 atom stereocenters. The summed E-state index contributed by atoms with van der Waals surface area (Å²) < 4.78 is 0.854. The summed E-state index contributed by atoms with van der Waals surface area (Å²) in [6.45, 7) is 0.359. The first kappa shape index (κ1) is 16.8. The van der Waals surface area contributed by atoms with Gasteiger partial charge in [-0.1, -0.05) is 59.6 Å². The lowest BCUT2D eigenvalue weighted by Gasteiger charge is -2.19. The summed E-state index contributed by atoms with van der Waals surface area (Å²) in [5.74, 6) is -0.247. The van der Waals surface area contributed by atoms with Crippen LogP contribution >= 0.6 is 34.5 Å². The smallest absolute Gasteiger partial charge is 0.266 e. The summed E-state index contributed by atoms with van der Waals surface area (Å²) in [6, 6.07) is 16.9. The van der Waals surface area contributed by atoms with Crippen molar-refractivity contribution in [3.8, 4) is 6.07 Å². The van der Waals surface area contributed by atoms with Crippen molar-refractivity contribution in [1.29, 1.82) is 5.26 Å². The normalized spacial score (nSPS) is 10.5. The number of fused-ring (bicyclic) bond motifs is 1. The Morgan fingerprint density at radius 3 is 2.62 bits per heavy atom. The Balaban J connectivity index is 1.95. The van der Waals surface area contributed by atoms with Crippen LogP contribution in [0.3, 0.4) is 0 Å². The number of halogens is 2. The number of nitrogens with zero attached hydrogens (tertiary/aromatic N) is 2. The van der Waals surface area contributed by atoms with Crippen LogP contribution in [0, 0.1) is 11.3 Å². The lowest BCUT2D eigenvalue weighted by atomic mass is 10.2. The maximum absolute atomic E-state index is 12.9. The fourth-order valence-electron chi connectivity index (χ4n) is 2.41. The van der Waals surface area contributed by atoms with E-state index in [1.807, 2.05) is 36.4 Å². The van der Waals surface area contributed by atoms with E-state index in [9.17, 15) is 4.79 Å². The van der Waals surface area contributed by atoms with E-state index in [4.69, 9.17) is 28.5 Å². The number of carbonyl (C=O) groups excluding carboxylic acids is 1. The van der Waals surface area contributed by atoms with Gasteiger partial charge in [0.2, 0.25) is 0 Å². The molecule has 0 radical (unpaired) electrons. The molecule has 3 nitrogen and oxygen atoms in total. The highest BCUT2D eigenvalue weighted by Crippen LogP contribution is 2.37. The summed E-state index contributed by atoms with van der Waals surface area (Å²) in [5, 5.41) is 10.9. The van der Waals surface area contributed by atoms with Crippen LogP contribution in [-0.4, -0.2) is 17.4 Å². The third kappa shape index (κ3) is 3.39. The van der Waals surface area contributed by atoms with E-state index in [2.05, 4.69) is 0 Å². The zero-order valence-corrected chi connectivity index (χ0v) is 14.8. The molecular formula is C18H12Cl2N2OS. The fraction of sp³-hybridized carbons (Fsp3) is 0.111. The van der Waals surface area contributed by atoms with Gasteiger partial charge in [0.1, 0.15) is 11.4 Å². The maximum Gasteiger partial charge on any atom is 0.266 e. The maximum atomic E-state index is 12.9. The van der Waals surface area contributed by atoms with Crippen LogP contribution in [0.4, 0.5) is 0 Å². The Hall–Kier alpha value is -2.06. The van der Waals surface area contributed by atoms with Crippen LogP contribution in [0.2, 0.25) is 10.0 Å². The summed E-state index contributed by atoms with van der Waals surface area (Å²) in [7, 11) is 0. The first-order valence-electron chi connectivity index (χ1n) is 7.18. The highest BCUT2D eigenvalue weighted by atomic mass is 35.5. The fourth-order valence-corrected chi connectivity index (χ4v) is 4.16. The van der Waals surface area contributed by atoms with Gasteiger partial charge < -0.3 is 4.90 Å². The van der Waals surface area contributed by atoms with Crippen molar-refractivity contribution in [3.05, 3.63) is 69.0 Å². The number of thiophene rings is 1. The average Bonchev–Trinajstić information content (AvgIpc) is 2.91. The molecular weight excluding hydrogens is 363 g/mol. The van der Waals surface area contributed by atoms with E-state index in [1.54, 1.807) is 18.2 Å². The summed E-state index contributed by atoms with van der Waals surface area (Å²) in [6.07, 6.45) is 0. The first-order chi connectivity index (χ1) is 11.6. The topological polar surface area (TPSA) is 44.1 Å². The Kier molecular flexibility index (Phi) is 5.06. The molecule has 1 aromatic heterocycles. The zero-order valence-electron chi connectivity index (χ0n) is 12.5. The van der Waals surface area contributed by atoms with Gasteiger partial charge in [-0.3, -0.25) is 4.79 Å². The molecule has 0 aliphatic heterocycles. The molecule has 6 heteroatoms. The van der Waals surface area contributed by atoms with Crippen molar-refractivity contribution in [2.75, 3.05) is 6.54 Å². The SMILES string of the molecule is N#CCN(Cc1ccccc1)C(=O)c1sc2cc(Cl)ccc2c1Cl. The molecule has 0 unspecified atom stereocenters. The monoisotopic (exact) mass is 374 g/mol. The molecule has 120 valence electrons. The zero-order chi connectivity index (χ0) is 17.1. The highest BCUT2D eigenvalue weighted by Gasteiger charge is 2.22. The third-order valence-corrected chi connectivity index (χ3v) is 5.43. The van der Waals surface area contributed by atoms with Gasteiger partial charge >= 0.3 is 0 Å². The molecule has 0 aliphatic carbocycles. The van der Waals surface area contributed by atoms with Gasteiger partial charge in [0.15, 0.2) is 0 Å². The summed E-state index contributed by atoms with van der Waals surface area (Å²) >= 11 is 13.7. The van der Waals surface area contributed by atoms with Gasteiger partial charge in [-0.2, -0.15) is 5.26 Å². The number of rotatable bonds is 4. The number of carbonyl (C=O) groups is 1. The standard InChI is InChI=1S/C18H12Cl2N2OS/c19-13-6-7-14-15(10-13)24-17(16(14)20)18(23)22(9-8-21)11-12-4-2-1-3-5-12/h1-7,10H,9,11H2. The Morgan fingerprint density at radius 2 is 1.92 bits per heavy atom. The molecule has 0 aliphatic rings. The summed E-state index contributed by atoms with van der Waals surface area (Å²) in [5.41, 5.74) is 0.960. The van der Waals surface area contributed by atoms with E-state index >= 15 is 0 Å². The molecule has 0 bridgehead atoms. The molecule has 0 saturated heterocycles. The Labute approximate surface area is 153 Å². The van der Waals surface area contributed by atoms with Gasteiger partial charge in [0, 0.05) is 21.7 Å². The van der Waals surface area contributed by atoms with Crippen molar-refractivity contribution >= 4 is 50.5 Å². The lowest BCUT2D eigenvalue weighted by Crippen LogP contribution is -2.30. The van der Waals surface area contributed by atoms with Gasteiger partial charge in [0.05, 0.1) is 11.1 Å². The predicted molar refractivity (Wildman–Crippen MR) is 98.6 cm³/mol. The lowest BCUT2D eigenvalue weighted by molar-refractivity contribution is 0.0770. The molecule has 0 fully saturated rings. The van der Waals surface area contributed by atoms with Crippen molar-refractivity contribution in [1.82, 2.24) is 4.90 Å². The van der Waals surface area contributed by atoms with E-state index in [0.29, 0.717) is 21.5 Å². The third-order valence-electron chi connectivity index (χ3n) is 3.55. The van der Waals surface area contributed by atoms with Crippen molar-refractivity contribution in [2.24, 2.45) is 0 Å². The van der Waals surface area contributed by atoms with Crippen LogP contribution in [-0.2, 0) is 6.54 Å². The van der Waals surface area contributed by atoms with Crippen molar-refractivity contribution < 1.29 is 4.79 Å². The average molecular weight is 375 g/mol. The Bertz CT molecular complexity index is 931. The molecule has 0 N–H and O–H groups in total. The van der Waals surface area contributed by atoms with Crippen LogP contribution in [0.5, 0.6) is 0 Å². The second-order valence-corrected chi connectivity index (χ2v) is 7.06. The predicted octanol–water partition coefficient (Wildman–Crippen LogP) is 5.37. The molecule has 1 amide bonds.